The number of rotatable bonds is 3. The lowest BCUT2D eigenvalue weighted by molar-refractivity contribution is 0.506. The van der Waals surface area contributed by atoms with Gasteiger partial charge in [-0.15, -0.1) is 0 Å². The molecule has 0 radical (unpaired) electrons. The first-order valence-corrected chi connectivity index (χ1v) is 6.80. The summed E-state index contributed by atoms with van der Waals surface area (Å²) < 4.78 is 2.77. The second-order valence-electron chi connectivity index (χ2n) is 4.59. The highest BCUT2D eigenvalue weighted by molar-refractivity contribution is 14.1. The van der Waals surface area contributed by atoms with Crippen LogP contribution >= 0.6 is 22.6 Å². The van der Waals surface area contributed by atoms with Crippen molar-refractivity contribution in [2.24, 2.45) is 5.92 Å². The Labute approximate surface area is 114 Å². The van der Waals surface area contributed by atoms with E-state index in [0.717, 1.165) is 22.1 Å². The predicted octanol–water partition coefficient (Wildman–Crippen LogP) is 3.05. The number of hydrogen-bond acceptors (Lipinski definition) is 2. The van der Waals surface area contributed by atoms with Crippen LogP contribution in [0, 0.1) is 9.49 Å². The number of aryl methyl sites for hydroxylation is 1. The van der Waals surface area contributed by atoms with E-state index in [2.05, 4.69) is 41.4 Å². The molecular weight excluding hydrogens is 327 g/mol. The van der Waals surface area contributed by atoms with Gasteiger partial charge in [-0.3, -0.25) is 9.36 Å². The number of aromatic nitrogens is 2. The van der Waals surface area contributed by atoms with Gasteiger partial charge in [0.05, 0.1) is 17.2 Å². The standard InChI is InChI=1S/C13H15IN2O/c1-9(2)5-6-16-8-15-12-4-3-10(14)7-11(12)13(16)17/h3-4,7-9H,5-6H2,1-2H3. The minimum absolute atomic E-state index is 0.0640. The van der Waals surface area contributed by atoms with E-state index < -0.39 is 0 Å². The van der Waals surface area contributed by atoms with Gasteiger partial charge in [-0.2, -0.15) is 0 Å². The lowest BCUT2D eigenvalue weighted by atomic mass is 10.1. The molecule has 17 heavy (non-hydrogen) atoms. The molecule has 2 aromatic rings. The second-order valence-corrected chi connectivity index (χ2v) is 5.83. The molecule has 1 aromatic carbocycles. The third kappa shape index (κ3) is 2.86. The fraction of sp³-hybridized carbons (Fsp3) is 0.385. The van der Waals surface area contributed by atoms with Crippen LogP contribution < -0.4 is 5.56 Å². The highest BCUT2D eigenvalue weighted by Gasteiger charge is 2.05. The van der Waals surface area contributed by atoms with Crippen LogP contribution in [0.4, 0.5) is 0 Å². The maximum atomic E-state index is 12.2. The van der Waals surface area contributed by atoms with Crippen LogP contribution in [-0.2, 0) is 6.54 Å². The van der Waals surface area contributed by atoms with E-state index in [1.807, 2.05) is 18.2 Å². The Morgan fingerprint density at radius 1 is 1.41 bits per heavy atom. The molecule has 4 heteroatoms. The minimum Gasteiger partial charge on any atom is -0.299 e. The van der Waals surface area contributed by atoms with E-state index in [1.165, 1.54) is 0 Å². The molecule has 0 spiro atoms. The number of fused-ring (bicyclic) bond motifs is 1. The first kappa shape index (κ1) is 12.5. The van der Waals surface area contributed by atoms with E-state index in [0.29, 0.717) is 11.3 Å². The highest BCUT2D eigenvalue weighted by Crippen LogP contribution is 2.12. The highest BCUT2D eigenvalue weighted by atomic mass is 127. The smallest absolute Gasteiger partial charge is 0.261 e. The summed E-state index contributed by atoms with van der Waals surface area (Å²) in [6.45, 7) is 5.05. The van der Waals surface area contributed by atoms with Gasteiger partial charge in [0.1, 0.15) is 0 Å². The summed E-state index contributed by atoms with van der Waals surface area (Å²) in [7, 11) is 0. The average Bonchev–Trinajstić information content (AvgIpc) is 2.29. The summed E-state index contributed by atoms with van der Waals surface area (Å²) in [6, 6.07) is 5.76. The number of nitrogens with zero attached hydrogens (tertiary/aromatic N) is 2. The van der Waals surface area contributed by atoms with Gasteiger partial charge >= 0.3 is 0 Å². The molecule has 0 unspecified atom stereocenters. The first-order chi connectivity index (χ1) is 8.08. The molecule has 0 aliphatic carbocycles. The zero-order valence-electron chi connectivity index (χ0n) is 9.98. The molecule has 0 fully saturated rings. The van der Waals surface area contributed by atoms with Gasteiger partial charge in [-0.25, -0.2) is 4.98 Å². The van der Waals surface area contributed by atoms with Gasteiger partial charge in [0.2, 0.25) is 0 Å². The fourth-order valence-corrected chi connectivity index (χ4v) is 2.18. The topological polar surface area (TPSA) is 34.9 Å². The molecule has 1 heterocycles. The van der Waals surface area contributed by atoms with Crippen LogP contribution in [0.25, 0.3) is 10.9 Å². The third-order valence-electron chi connectivity index (χ3n) is 2.73. The quantitative estimate of drug-likeness (QED) is 0.804. The number of hydrogen-bond donors (Lipinski definition) is 0. The van der Waals surface area contributed by atoms with E-state index >= 15 is 0 Å². The van der Waals surface area contributed by atoms with Crippen molar-refractivity contribution in [1.82, 2.24) is 9.55 Å². The third-order valence-corrected chi connectivity index (χ3v) is 3.40. The molecule has 0 saturated carbocycles. The summed E-state index contributed by atoms with van der Waals surface area (Å²) >= 11 is 2.21. The zero-order chi connectivity index (χ0) is 12.4. The minimum atomic E-state index is 0.0640. The van der Waals surface area contributed by atoms with Crippen molar-refractivity contribution in [1.29, 1.82) is 0 Å². The molecule has 0 N–H and O–H groups in total. The predicted molar refractivity (Wildman–Crippen MR) is 78.2 cm³/mol. The maximum absolute atomic E-state index is 12.2. The Hall–Kier alpha value is -0.910. The SMILES string of the molecule is CC(C)CCn1cnc2ccc(I)cc2c1=O. The molecule has 0 bridgehead atoms. The van der Waals surface area contributed by atoms with Crippen molar-refractivity contribution in [3.8, 4) is 0 Å². The summed E-state index contributed by atoms with van der Waals surface area (Å²) in [6.07, 6.45) is 2.65. The van der Waals surface area contributed by atoms with Crippen molar-refractivity contribution in [2.75, 3.05) is 0 Å². The van der Waals surface area contributed by atoms with Crippen molar-refractivity contribution < 1.29 is 0 Å². The normalized spacial score (nSPS) is 11.3. The van der Waals surface area contributed by atoms with Crippen molar-refractivity contribution in [3.63, 3.8) is 0 Å². The summed E-state index contributed by atoms with van der Waals surface area (Å²) in [5.74, 6) is 0.591. The van der Waals surface area contributed by atoms with E-state index in [-0.39, 0.29) is 5.56 Å². The van der Waals surface area contributed by atoms with Crippen molar-refractivity contribution in [3.05, 3.63) is 38.5 Å². The van der Waals surface area contributed by atoms with Gasteiger partial charge in [0.15, 0.2) is 0 Å². The number of benzene rings is 1. The van der Waals surface area contributed by atoms with Gasteiger partial charge in [0.25, 0.3) is 5.56 Å². The van der Waals surface area contributed by atoms with E-state index in [1.54, 1.807) is 10.9 Å². The van der Waals surface area contributed by atoms with E-state index in [4.69, 9.17) is 0 Å². The first-order valence-electron chi connectivity index (χ1n) is 5.72. The largest absolute Gasteiger partial charge is 0.299 e. The monoisotopic (exact) mass is 342 g/mol. The summed E-state index contributed by atoms with van der Waals surface area (Å²) in [4.78, 5) is 16.5. The molecule has 0 aliphatic rings. The average molecular weight is 342 g/mol. The van der Waals surface area contributed by atoms with Crippen LogP contribution in [-0.4, -0.2) is 9.55 Å². The van der Waals surface area contributed by atoms with Crippen molar-refractivity contribution >= 4 is 33.5 Å². The molecule has 0 amide bonds. The van der Waals surface area contributed by atoms with Gasteiger partial charge in [-0.05, 0) is 53.1 Å². The molecule has 3 nitrogen and oxygen atoms in total. The fourth-order valence-electron chi connectivity index (χ4n) is 1.69. The van der Waals surface area contributed by atoms with Crippen LogP contribution in [0.2, 0.25) is 0 Å². The summed E-state index contributed by atoms with van der Waals surface area (Å²) in [5.41, 5.74) is 0.838. The molecule has 1 aromatic heterocycles. The Bertz CT molecular complexity index is 589. The van der Waals surface area contributed by atoms with Gasteiger partial charge in [0, 0.05) is 10.1 Å². The van der Waals surface area contributed by atoms with E-state index in [9.17, 15) is 4.79 Å². The lowest BCUT2D eigenvalue weighted by Crippen LogP contribution is -2.21. The Balaban J connectivity index is 2.46. The Morgan fingerprint density at radius 2 is 2.18 bits per heavy atom. The summed E-state index contributed by atoms with van der Waals surface area (Å²) in [5, 5.41) is 0.711. The van der Waals surface area contributed by atoms with Gasteiger partial charge < -0.3 is 0 Å². The maximum Gasteiger partial charge on any atom is 0.261 e. The van der Waals surface area contributed by atoms with Crippen molar-refractivity contribution in [2.45, 2.75) is 26.8 Å². The van der Waals surface area contributed by atoms with Crippen LogP contribution in [0.1, 0.15) is 20.3 Å². The Morgan fingerprint density at radius 3 is 2.88 bits per heavy atom. The lowest BCUT2D eigenvalue weighted by Gasteiger charge is -2.08. The molecule has 2 rings (SSSR count). The molecule has 0 aliphatic heterocycles. The Kier molecular flexibility index (Phi) is 3.81. The molecule has 0 atom stereocenters. The zero-order valence-corrected chi connectivity index (χ0v) is 12.1. The second kappa shape index (κ2) is 5.16. The molecule has 0 saturated heterocycles. The molecular formula is C13H15IN2O. The van der Waals surface area contributed by atoms with Crippen LogP contribution in [0.5, 0.6) is 0 Å². The number of halogens is 1. The van der Waals surface area contributed by atoms with Gasteiger partial charge in [-0.1, -0.05) is 13.8 Å². The van der Waals surface area contributed by atoms with Crippen LogP contribution in [0.15, 0.2) is 29.3 Å². The molecule has 90 valence electrons. The van der Waals surface area contributed by atoms with Crippen LogP contribution in [0.3, 0.4) is 0 Å².